The highest BCUT2D eigenvalue weighted by Gasteiger charge is 2.13. The highest BCUT2D eigenvalue weighted by atomic mass is 35.5. The van der Waals surface area contributed by atoms with Crippen LogP contribution in [-0.2, 0) is 14.3 Å². The zero-order valence-electron chi connectivity index (χ0n) is 14.2. The van der Waals surface area contributed by atoms with Crippen LogP contribution in [0.15, 0.2) is 41.8 Å². The lowest BCUT2D eigenvalue weighted by Crippen LogP contribution is -2.41. The normalized spacial score (nSPS) is 10.1. The maximum absolute atomic E-state index is 11.9. The summed E-state index contributed by atoms with van der Waals surface area (Å²) >= 11 is 7.16. The summed E-state index contributed by atoms with van der Waals surface area (Å²) < 4.78 is 4.88. The van der Waals surface area contributed by atoms with Crippen LogP contribution in [0.3, 0.4) is 0 Å². The number of ketones is 1. The number of carbonyl (C=O) groups excluding carboxylic acids is 4. The quantitative estimate of drug-likeness (QED) is 0.397. The molecule has 1 aromatic carbocycles. The maximum Gasteiger partial charge on any atom is 0.306 e. The number of esters is 1. The summed E-state index contributed by atoms with van der Waals surface area (Å²) in [4.78, 5) is 47.4. The van der Waals surface area contributed by atoms with E-state index in [1.54, 1.807) is 35.7 Å². The van der Waals surface area contributed by atoms with Gasteiger partial charge in [-0.15, -0.1) is 11.3 Å². The van der Waals surface area contributed by atoms with Gasteiger partial charge in [-0.05, 0) is 30.0 Å². The molecule has 0 aliphatic rings. The summed E-state index contributed by atoms with van der Waals surface area (Å²) in [6.07, 6.45) is 0.222. The molecule has 2 amide bonds. The van der Waals surface area contributed by atoms with Crippen molar-refractivity contribution >= 4 is 46.5 Å². The molecule has 0 aliphatic carbocycles. The smallest absolute Gasteiger partial charge is 0.306 e. The Bertz CT molecular complexity index is 823. The number of ether oxygens (including phenoxy) is 1. The second kappa shape index (κ2) is 10.4. The van der Waals surface area contributed by atoms with Crippen LogP contribution in [0.5, 0.6) is 0 Å². The minimum Gasteiger partial charge on any atom is -0.457 e. The van der Waals surface area contributed by atoms with Gasteiger partial charge in [0, 0.05) is 12.8 Å². The van der Waals surface area contributed by atoms with E-state index in [-0.39, 0.29) is 42.2 Å². The monoisotopic (exact) mass is 408 g/mol. The Hall–Kier alpha value is -2.71. The summed E-state index contributed by atoms with van der Waals surface area (Å²) in [5.41, 5.74) is 4.73. The zero-order valence-corrected chi connectivity index (χ0v) is 15.8. The van der Waals surface area contributed by atoms with Gasteiger partial charge in [0.1, 0.15) is 0 Å². The Morgan fingerprint density at radius 2 is 1.78 bits per heavy atom. The third-order valence-electron chi connectivity index (χ3n) is 3.38. The van der Waals surface area contributed by atoms with Gasteiger partial charge in [0.25, 0.3) is 5.91 Å². The van der Waals surface area contributed by atoms with Crippen molar-refractivity contribution in [1.82, 2.24) is 10.9 Å². The van der Waals surface area contributed by atoms with Crippen molar-refractivity contribution in [2.24, 2.45) is 0 Å². The third kappa shape index (κ3) is 6.84. The molecule has 0 atom stereocenters. The van der Waals surface area contributed by atoms with E-state index < -0.39 is 17.8 Å². The number of thiophene rings is 1. The zero-order chi connectivity index (χ0) is 19.6. The molecule has 27 heavy (non-hydrogen) atoms. The third-order valence-corrected chi connectivity index (χ3v) is 4.62. The Balaban J connectivity index is 1.61. The second-order valence-corrected chi connectivity index (χ2v) is 6.75. The Labute approximate surface area is 164 Å². The van der Waals surface area contributed by atoms with Crippen LogP contribution in [0, 0.1) is 0 Å². The summed E-state index contributed by atoms with van der Waals surface area (Å²) in [6.45, 7) is -0.320. The SMILES string of the molecule is O=C(CCCC(=O)OCC(=O)c1cccs1)NNC(=O)c1ccccc1Cl. The number of benzene rings is 1. The van der Waals surface area contributed by atoms with E-state index in [2.05, 4.69) is 10.9 Å². The van der Waals surface area contributed by atoms with E-state index >= 15 is 0 Å². The molecule has 0 saturated carbocycles. The second-order valence-electron chi connectivity index (χ2n) is 5.40. The predicted molar refractivity (Wildman–Crippen MR) is 101 cm³/mol. The fourth-order valence-electron chi connectivity index (χ4n) is 2.02. The highest BCUT2D eigenvalue weighted by Crippen LogP contribution is 2.14. The Morgan fingerprint density at radius 1 is 1.00 bits per heavy atom. The Morgan fingerprint density at radius 3 is 2.48 bits per heavy atom. The molecule has 142 valence electrons. The summed E-state index contributed by atoms with van der Waals surface area (Å²) in [6, 6.07) is 9.82. The molecule has 0 unspecified atom stereocenters. The number of nitrogens with one attached hydrogen (secondary N) is 2. The number of hydrogen-bond acceptors (Lipinski definition) is 6. The fourth-order valence-corrected chi connectivity index (χ4v) is 2.89. The molecule has 1 heterocycles. The van der Waals surface area contributed by atoms with Crippen molar-refractivity contribution in [2.75, 3.05) is 6.61 Å². The Kier molecular flexibility index (Phi) is 7.97. The summed E-state index contributed by atoms with van der Waals surface area (Å²) in [7, 11) is 0. The number of hydrogen-bond donors (Lipinski definition) is 2. The first-order valence-corrected chi connectivity index (χ1v) is 9.29. The van der Waals surface area contributed by atoms with Crippen LogP contribution in [-0.4, -0.2) is 30.2 Å². The molecule has 0 radical (unpaired) electrons. The molecule has 1 aromatic heterocycles. The molecule has 0 fully saturated rings. The van der Waals surface area contributed by atoms with Crippen LogP contribution in [0.4, 0.5) is 0 Å². The van der Waals surface area contributed by atoms with Crippen LogP contribution in [0.1, 0.15) is 39.3 Å². The number of hydrazine groups is 1. The number of amides is 2. The van der Waals surface area contributed by atoms with Gasteiger partial charge in [0.2, 0.25) is 11.7 Å². The maximum atomic E-state index is 11.9. The highest BCUT2D eigenvalue weighted by molar-refractivity contribution is 7.12. The van der Waals surface area contributed by atoms with Crippen molar-refractivity contribution in [3.8, 4) is 0 Å². The lowest BCUT2D eigenvalue weighted by Gasteiger charge is -2.08. The van der Waals surface area contributed by atoms with Gasteiger partial charge in [0.05, 0.1) is 15.5 Å². The van der Waals surface area contributed by atoms with E-state index in [0.717, 1.165) is 0 Å². The van der Waals surface area contributed by atoms with Gasteiger partial charge in [0.15, 0.2) is 6.61 Å². The number of rotatable bonds is 8. The van der Waals surface area contributed by atoms with Crippen molar-refractivity contribution in [2.45, 2.75) is 19.3 Å². The number of Topliss-reactive ketones (excluding diaryl/α,β-unsaturated/α-hetero) is 1. The van der Waals surface area contributed by atoms with Gasteiger partial charge in [-0.1, -0.05) is 29.8 Å². The molecular weight excluding hydrogens is 392 g/mol. The van der Waals surface area contributed by atoms with Gasteiger partial charge in [-0.25, -0.2) is 0 Å². The largest absolute Gasteiger partial charge is 0.457 e. The standard InChI is InChI=1S/C18H17ClN2O5S/c19-13-6-2-1-5-12(13)18(25)21-20-16(23)8-3-9-17(24)26-11-14(22)15-7-4-10-27-15/h1-2,4-7,10H,3,8-9,11H2,(H,20,23)(H,21,25). The van der Waals surface area contributed by atoms with Gasteiger partial charge in [-0.3, -0.25) is 30.0 Å². The predicted octanol–water partition coefficient (Wildman–Crippen LogP) is 2.76. The molecular formula is C18H17ClN2O5S. The molecule has 7 nitrogen and oxygen atoms in total. The minimum atomic E-state index is -0.562. The lowest BCUT2D eigenvalue weighted by atomic mass is 10.2. The molecule has 2 rings (SSSR count). The van der Waals surface area contributed by atoms with Crippen LogP contribution in [0.2, 0.25) is 5.02 Å². The molecule has 2 N–H and O–H groups in total. The average Bonchev–Trinajstić information content (AvgIpc) is 3.19. The average molecular weight is 409 g/mol. The van der Waals surface area contributed by atoms with Crippen molar-refractivity contribution < 1.29 is 23.9 Å². The molecule has 0 spiro atoms. The first-order chi connectivity index (χ1) is 13.0. The first kappa shape index (κ1) is 20.6. The van der Waals surface area contributed by atoms with E-state index in [9.17, 15) is 19.2 Å². The summed E-state index contributed by atoms with van der Waals surface area (Å²) in [5, 5.41) is 2.03. The topological polar surface area (TPSA) is 102 Å². The minimum absolute atomic E-state index is 0.0103. The molecule has 9 heteroatoms. The van der Waals surface area contributed by atoms with Crippen LogP contribution >= 0.6 is 22.9 Å². The van der Waals surface area contributed by atoms with E-state index in [0.29, 0.717) is 4.88 Å². The fraction of sp³-hybridized carbons (Fsp3) is 0.222. The molecule has 2 aromatic rings. The van der Waals surface area contributed by atoms with E-state index in [1.165, 1.54) is 17.4 Å². The molecule has 0 bridgehead atoms. The molecule has 0 saturated heterocycles. The van der Waals surface area contributed by atoms with Gasteiger partial charge < -0.3 is 4.74 Å². The van der Waals surface area contributed by atoms with Gasteiger partial charge >= 0.3 is 5.97 Å². The first-order valence-electron chi connectivity index (χ1n) is 8.03. The number of carbonyl (C=O) groups is 4. The van der Waals surface area contributed by atoms with Crippen molar-refractivity contribution in [1.29, 1.82) is 0 Å². The van der Waals surface area contributed by atoms with Crippen LogP contribution < -0.4 is 10.9 Å². The lowest BCUT2D eigenvalue weighted by molar-refractivity contribution is -0.142. The number of halogens is 1. The van der Waals surface area contributed by atoms with E-state index in [1.807, 2.05) is 0 Å². The summed E-state index contributed by atoms with van der Waals surface area (Å²) in [5.74, 6) is -1.83. The van der Waals surface area contributed by atoms with Gasteiger partial charge in [-0.2, -0.15) is 0 Å². The van der Waals surface area contributed by atoms with Crippen molar-refractivity contribution in [3.05, 3.63) is 57.2 Å². The molecule has 0 aliphatic heterocycles. The van der Waals surface area contributed by atoms with Crippen LogP contribution in [0.25, 0.3) is 0 Å². The van der Waals surface area contributed by atoms with Crippen molar-refractivity contribution in [3.63, 3.8) is 0 Å². The van der Waals surface area contributed by atoms with E-state index in [4.69, 9.17) is 16.3 Å².